The lowest BCUT2D eigenvalue weighted by molar-refractivity contribution is 0.0483. The number of ether oxygens (including phenoxy) is 1. The molecule has 0 N–H and O–H groups in total. The van der Waals surface area contributed by atoms with Crippen molar-refractivity contribution in [2.45, 2.75) is 91.9 Å². The van der Waals surface area contributed by atoms with Gasteiger partial charge in [-0.3, -0.25) is 0 Å². The number of carbonyl (C=O) groups is 1. The smallest absolute Gasteiger partial charge is 0.338 e. The zero-order valence-corrected chi connectivity index (χ0v) is 20.6. The van der Waals surface area contributed by atoms with Gasteiger partial charge in [-0.05, 0) is 48.8 Å². The number of benzene rings is 1. The quantitative estimate of drug-likeness (QED) is 0.211. The summed E-state index contributed by atoms with van der Waals surface area (Å²) >= 11 is 0. The van der Waals surface area contributed by atoms with Crippen molar-refractivity contribution in [2.75, 3.05) is 6.61 Å². The summed E-state index contributed by atoms with van der Waals surface area (Å²) in [6, 6.07) is 7.39. The van der Waals surface area contributed by atoms with Crippen LogP contribution in [0, 0.1) is 11.8 Å². The van der Waals surface area contributed by atoms with Gasteiger partial charge in [-0.1, -0.05) is 84.8 Å². The molecule has 0 spiro atoms. The summed E-state index contributed by atoms with van der Waals surface area (Å²) in [7, 11) is 0. The molecule has 1 aromatic heterocycles. The van der Waals surface area contributed by atoms with Gasteiger partial charge in [-0.2, -0.15) is 0 Å². The van der Waals surface area contributed by atoms with Crippen LogP contribution in [0.4, 0.5) is 0 Å². The minimum Gasteiger partial charge on any atom is -0.462 e. The zero-order chi connectivity index (χ0) is 23.2. The second-order valence-electron chi connectivity index (χ2n) is 9.51. The molecule has 1 unspecified atom stereocenters. The maximum Gasteiger partial charge on any atom is 0.338 e. The van der Waals surface area contributed by atoms with Crippen molar-refractivity contribution in [1.29, 1.82) is 0 Å². The molecule has 0 saturated heterocycles. The summed E-state index contributed by atoms with van der Waals surface area (Å²) in [4.78, 5) is 21.4. The Morgan fingerprint density at radius 1 is 0.875 bits per heavy atom. The number of hydrogen-bond donors (Lipinski definition) is 0. The Morgan fingerprint density at radius 3 is 2.22 bits per heavy atom. The molecule has 0 fully saturated rings. The highest BCUT2D eigenvalue weighted by molar-refractivity contribution is 5.89. The molecular formula is C28H42N2O2. The molecule has 2 rings (SSSR count). The van der Waals surface area contributed by atoms with Gasteiger partial charge in [0, 0.05) is 18.0 Å². The van der Waals surface area contributed by atoms with Crippen LogP contribution < -0.4 is 0 Å². The third kappa shape index (κ3) is 9.93. The first-order valence-electron chi connectivity index (χ1n) is 12.6. The van der Waals surface area contributed by atoms with Crippen molar-refractivity contribution in [1.82, 2.24) is 9.97 Å². The normalized spacial score (nSPS) is 12.2. The van der Waals surface area contributed by atoms with E-state index in [-0.39, 0.29) is 5.97 Å². The van der Waals surface area contributed by atoms with E-state index in [1.54, 1.807) is 12.1 Å². The number of nitrogens with zero attached hydrogens (tertiary/aromatic N) is 2. The second kappa shape index (κ2) is 14.8. The first-order valence-corrected chi connectivity index (χ1v) is 12.6. The van der Waals surface area contributed by atoms with E-state index in [2.05, 4.69) is 37.7 Å². The van der Waals surface area contributed by atoms with Crippen molar-refractivity contribution in [3.05, 3.63) is 47.8 Å². The van der Waals surface area contributed by atoms with Crippen LogP contribution in [0.25, 0.3) is 11.4 Å². The molecule has 0 aliphatic heterocycles. The van der Waals surface area contributed by atoms with Gasteiger partial charge in [-0.15, -0.1) is 0 Å². The summed E-state index contributed by atoms with van der Waals surface area (Å²) in [6.45, 7) is 9.47. The number of hydrogen-bond acceptors (Lipinski definition) is 4. The highest BCUT2D eigenvalue weighted by Crippen LogP contribution is 2.18. The van der Waals surface area contributed by atoms with Gasteiger partial charge in [0.2, 0.25) is 0 Å². The van der Waals surface area contributed by atoms with E-state index in [0.29, 0.717) is 23.9 Å². The lowest BCUT2D eigenvalue weighted by atomic mass is 9.98. The molecule has 4 heteroatoms. The first-order chi connectivity index (χ1) is 15.5. The third-order valence-electron chi connectivity index (χ3n) is 5.98. The standard InChI is InChI=1S/C28H42N2O2/c1-5-6-7-8-9-13-24-20-29-27(30-21-24)25-14-16-26(17-15-25)28(31)32-19-18-23(4)12-10-11-22(2)3/h14-17,20-23H,5-13,18-19H2,1-4H3. The van der Waals surface area contributed by atoms with Crippen LogP contribution >= 0.6 is 0 Å². The van der Waals surface area contributed by atoms with E-state index in [0.717, 1.165) is 24.3 Å². The maximum atomic E-state index is 12.3. The third-order valence-corrected chi connectivity index (χ3v) is 5.98. The molecule has 0 aliphatic rings. The van der Waals surface area contributed by atoms with Gasteiger partial charge in [0.05, 0.1) is 12.2 Å². The number of esters is 1. The van der Waals surface area contributed by atoms with E-state index in [4.69, 9.17) is 4.74 Å². The molecule has 0 amide bonds. The molecular weight excluding hydrogens is 396 g/mol. The Balaban J connectivity index is 1.75. The fraction of sp³-hybridized carbons (Fsp3) is 0.607. The van der Waals surface area contributed by atoms with E-state index >= 15 is 0 Å². The highest BCUT2D eigenvalue weighted by atomic mass is 16.5. The van der Waals surface area contributed by atoms with Crippen LogP contribution in [-0.2, 0) is 11.2 Å². The van der Waals surface area contributed by atoms with Crippen molar-refractivity contribution in [2.24, 2.45) is 11.8 Å². The van der Waals surface area contributed by atoms with E-state index < -0.39 is 0 Å². The number of aryl methyl sites for hydroxylation is 1. The Labute approximate surface area is 195 Å². The van der Waals surface area contributed by atoms with Gasteiger partial charge in [0.1, 0.15) is 0 Å². The van der Waals surface area contributed by atoms with Crippen LogP contribution in [0.15, 0.2) is 36.7 Å². The van der Waals surface area contributed by atoms with E-state index in [1.807, 2.05) is 24.5 Å². The summed E-state index contributed by atoms with van der Waals surface area (Å²) in [5.74, 6) is 1.77. The molecule has 4 nitrogen and oxygen atoms in total. The number of aromatic nitrogens is 2. The maximum absolute atomic E-state index is 12.3. The van der Waals surface area contributed by atoms with Crippen molar-refractivity contribution in [3.63, 3.8) is 0 Å². The number of rotatable bonds is 15. The van der Waals surface area contributed by atoms with Crippen LogP contribution in [0.5, 0.6) is 0 Å². The minimum absolute atomic E-state index is 0.259. The highest BCUT2D eigenvalue weighted by Gasteiger charge is 2.10. The molecule has 0 radical (unpaired) electrons. The summed E-state index contributed by atoms with van der Waals surface area (Å²) in [6.07, 6.45) is 15.9. The Hall–Kier alpha value is -2.23. The topological polar surface area (TPSA) is 52.1 Å². The van der Waals surface area contributed by atoms with Crippen molar-refractivity contribution in [3.8, 4) is 11.4 Å². The van der Waals surface area contributed by atoms with Gasteiger partial charge >= 0.3 is 5.97 Å². The van der Waals surface area contributed by atoms with Crippen molar-refractivity contribution >= 4 is 5.97 Å². The fourth-order valence-electron chi connectivity index (χ4n) is 3.78. The molecule has 0 aliphatic carbocycles. The van der Waals surface area contributed by atoms with Crippen LogP contribution in [0.1, 0.15) is 101 Å². The summed E-state index contributed by atoms with van der Waals surface area (Å²) in [5, 5.41) is 0. The monoisotopic (exact) mass is 438 g/mol. The lowest BCUT2D eigenvalue weighted by Crippen LogP contribution is -2.09. The SMILES string of the molecule is CCCCCCCc1cnc(-c2ccc(C(=O)OCCC(C)CCCC(C)C)cc2)nc1. The van der Waals surface area contributed by atoms with Gasteiger partial charge in [0.15, 0.2) is 5.82 Å². The Bertz CT molecular complexity index is 769. The Kier molecular flexibility index (Phi) is 12.0. The fourth-order valence-corrected chi connectivity index (χ4v) is 3.78. The lowest BCUT2D eigenvalue weighted by Gasteiger charge is -2.12. The minimum atomic E-state index is -0.259. The molecule has 2 aromatic rings. The van der Waals surface area contributed by atoms with E-state index in [1.165, 1.54) is 56.9 Å². The largest absolute Gasteiger partial charge is 0.462 e. The predicted octanol–water partition coefficient (Wildman–Crippen LogP) is 7.67. The average molecular weight is 439 g/mol. The van der Waals surface area contributed by atoms with Gasteiger partial charge < -0.3 is 4.74 Å². The summed E-state index contributed by atoms with van der Waals surface area (Å²) in [5.41, 5.74) is 2.67. The zero-order valence-electron chi connectivity index (χ0n) is 20.6. The van der Waals surface area contributed by atoms with Gasteiger partial charge in [0.25, 0.3) is 0 Å². The number of unbranched alkanes of at least 4 members (excludes halogenated alkanes) is 4. The van der Waals surface area contributed by atoms with Crippen molar-refractivity contribution < 1.29 is 9.53 Å². The molecule has 1 heterocycles. The van der Waals surface area contributed by atoms with E-state index in [9.17, 15) is 4.79 Å². The van der Waals surface area contributed by atoms with Crippen LogP contribution in [0.2, 0.25) is 0 Å². The molecule has 176 valence electrons. The average Bonchev–Trinajstić information content (AvgIpc) is 2.79. The van der Waals surface area contributed by atoms with Gasteiger partial charge in [-0.25, -0.2) is 14.8 Å². The molecule has 1 aromatic carbocycles. The van der Waals surface area contributed by atoms with Crippen LogP contribution in [-0.4, -0.2) is 22.5 Å². The Morgan fingerprint density at radius 2 is 1.56 bits per heavy atom. The molecule has 0 saturated carbocycles. The molecule has 32 heavy (non-hydrogen) atoms. The summed E-state index contributed by atoms with van der Waals surface area (Å²) < 4.78 is 5.48. The molecule has 1 atom stereocenters. The molecule has 0 bridgehead atoms. The first kappa shape index (κ1) is 26.0. The number of carbonyl (C=O) groups excluding carboxylic acids is 1. The second-order valence-corrected chi connectivity index (χ2v) is 9.51. The van der Waals surface area contributed by atoms with Crippen LogP contribution in [0.3, 0.4) is 0 Å². The predicted molar refractivity (Wildman–Crippen MR) is 133 cm³/mol.